The molecule has 0 aliphatic carbocycles. The smallest absolute Gasteiger partial charge is 0.471 e. The third kappa shape index (κ3) is 2.70. The topological polar surface area (TPSA) is 57.6 Å². The van der Waals surface area contributed by atoms with Crippen LogP contribution in [0.15, 0.2) is 0 Å². The number of carbonyl (C=O) groups is 2. The zero-order valence-corrected chi connectivity index (χ0v) is 9.49. The highest BCUT2D eigenvalue weighted by Gasteiger charge is 2.49. The lowest BCUT2D eigenvalue weighted by molar-refractivity contribution is -0.194. The standard InChI is InChI=1S/C10H14F3NO3/c1-5-3-4-7(8(15)16)6(2)14(5)9(17)10(11,12)13/h5-7H,3-4H2,1-2H3,(H,15,16). The molecule has 1 heterocycles. The second-order valence-electron chi connectivity index (χ2n) is 4.32. The van der Waals surface area contributed by atoms with Crippen LogP contribution in [0.5, 0.6) is 0 Å². The summed E-state index contributed by atoms with van der Waals surface area (Å²) in [6, 6.07) is -1.53. The van der Waals surface area contributed by atoms with E-state index in [9.17, 15) is 22.8 Å². The maximum atomic E-state index is 12.4. The van der Waals surface area contributed by atoms with Crippen molar-refractivity contribution in [1.82, 2.24) is 4.90 Å². The Morgan fingerprint density at radius 2 is 1.76 bits per heavy atom. The Hall–Kier alpha value is -1.27. The Morgan fingerprint density at radius 3 is 2.18 bits per heavy atom. The zero-order valence-electron chi connectivity index (χ0n) is 9.49. The quantitative estimate of drug-likeness (QED) is 0.773. The first-order chi connectivity index (χ1) is 7.66. The first-order valence-corrected chi connectivity index (χ1v) is 5.28. The average Bonchev–Trinajstić information content (AvgIpc) is 2.15. The van der Waals surface area contributed by atoms with Crippen molar-refractivity contribution in [2.45, 2.75) is 44.9 Å². The highest BCUT2D eigenvalue weighted by atomic mass is 19.4. The van der Waals surface area contributed by atoms with Gasteiger partial charge >= 0.3 is 18.1 Å². The van der Waals surface area contributed by atoms with Gasteiger partial charge in [0.2, 0.25) is 0 Å². The van der Waals surface area contributed by atoms with Gasteiger partial charge in [0.05, 0.1) is 5.92 Å². The van der Waals surface area contributed by atoms with Crippen molar-refractivity contribution in [3.8, 4) is 0 Å². The van der Waals surface area contributed by atoms with Crippen molar-refractivity contribution in [2.75, 3.05) is 0 Å². The minimum atomic E-state index is -4.96. The molecule has 1 rings (SSSR count). The summed E-state index contributed by atoms with van der Waals surface area (Å²) in [5.41, 5.74) is 0. The lowest BCUT2D eigenvalue weighted by Gasteiger charge is -2.42. The molecule has 17 heavy (non-hydrogen) atoms. The lowest BCUT2D eigenvalue weighted by atomic mass is 9.86. The van der Waals surface area contributed by atoms with Crippen LogP contribution in [0.3, 0.4) is 0 Å². The molecule has 4 nitrogen and oxygen atoms in total. The molecule has 3 atom stereocenters. The number of rotatable bonds is 1. The molecule has 0 aromatic heterocycles. The summed E-state index contributed by atoms with van der Waals surface area (Å²) >= 11 is 0. The monoisotopic (exact) mass is 253 g/mol. The number of piperidine rings is 1. The van der Waals surface area contributed by atoms with Gasteiger partial charge in [0.25, 0.3) is 0 Å². The lowest BCUT2D eigenvalue weighted by Crippen LogP contribution is -2.56. The summed E-state index contributed by atoms with van der Waals surface area (Å²) in [6.45, 7) is 2.84. The molecular formula is C10H14F3NO3. The molecule has 1 saturated heterocycles. The molecule has 1 N–H and O–H groups in total. The minimum absolute atomic E-state index is 0.267. The molecule has 0 radical (unpaired) electrons. The van der Waals surface area contributed by atoms with Gasteiger partial charge in [-0.15, -0.1) is 0 Å². The first-order valence-electron chi connectivity index (χ1n) is 5.28. The molecule has 0 aromatic rings. The van der Waals surface area contributed by atoms with Crippen molar-refractivity contribution in [2.24, 2.45) is 5.92 Å². The fourth-order valence-corrected chi connectivity index (χ4v) is 2.26. The highest BCUT2D eigenvalue weighted by molar-refractivity contribution is 5.83. The number of nitrogens with zero attached hydrogens (tertiary/aromatic N) is 1. The van der Waals surface area contributed by atoms with Gasteiger partial charge in [-0.05, 0) is 26.7 Å². The van der Waals surface area contributed by atoms with Crippen LogP contribution in [0.2, 0.25) is 0 Å². The Bertz CT molecular complexity index is 329. The second-order valence-corrected chi connectivity index (χ2v) is 4.32. The maximum Gasteiger partial charge on any atom is 0.471 e. The number of hydrogen-bond donors (Lipinski definition) is 1. The number of hydrogen-bond acceptors (Lipinski definition) is 2. The van der Waals surface area contributed by atoms with Gasteiger partial charge in [-0.2, -0.15) is 13.2 Å². The fraction of sp³-hybridized carbons (Fsp3) is 0.800. The molecule has 0 spiro atoms. The number of carboxylic acids is 1. The van der Waals surface area contributed by atoms with Crippen LogP contribution in [-0.2, 0) is 9.59 Å². The van der Waals surface area contributed by atoms with Gasteiger partial charge < -0.3 is 10.0 Å². The van der Waals surface area contributed by atoms with E-state index in [-0.39, 0.29) is 6.42 Å². The SMILES string of the molecule is CC1CCC(C(=O)O)C(C)N1C(=O)C(F)(F)F. The molecule has 3 unspecified atom stereocenters. The largest absolute Gasteiger partial charge is 0.481 e. The molecule has 1 aliphatic rings. The summed E-state index contributed by atoms with van der Waals surface area (Å²) in [6.07, 6.45) is -4.40. The van der Waals surface area contributed by atoms with E-state index in [1.807, 2.05) is 0 Å². The number of aliphatic carboxylic acids is 1. The van der Waals surface area contributed by atoms with E-state index < -0.39 is 36.1 Å². The number of amides is 1. The van der Waals surface area contributed by atoms with E-state index in [0.29, 0.717) is 11.3 Å². The summed E-state index contributed by atoms with van der Waals surface area (Å²) in [7, 11) is 0. The Kier molecular flexibility index (Phi) is 3.68. The molecule has 1 amide bonds. The van der Waals surface area contributed by atoms with Crippen LogP contribution in [0.1, 0.15) is 26.7 Å². The van der Waals surface area contributed by atoms with E-state index in [2.05, 4.69) is 0 Å². The molecular weight excluding hydrogens is 239 g/mol. The fourth-order valence-electron chi connectivity index (χ4n) is 2.26. The molecule has 1 aliphatic heterocycles. The normalized spacial score (nSPS) is 30.2. The van der Waals surface area contributed by atoms with Gasteiger partial charge in [-0.3, -0.25) is 9.59 Å². The van der Waals surface area contributed by atoms with Crippen molar-refractivity contribution in [3.05, 3.63) is 0 Å². The highest BCUT2D eigenvalue weighted by Crippen LogP contribution is 2.32. The molecule has 7 heteroatoms. The summed E-state index contributed by atoms with van der Waals surface area (Å²) in [5, 5.41) is 8.88. The number of halogens is 3. The molecule has 0 aromatic carbocycles. The minimum Gasteiger partial charge on any atom is -0.481 e. The summed E-state index contributed by atoms with van der Waals surface area (Å²) < 4.78 is 37.1. The van der Waals surface area contributed by atoms with Crippen LogP contribution in [0.25, 0.3) is 0 Å². The Labute approximate surface area is 96.4 Å². The molecule has 0 saturated carbocycles. The number of likely N-dealkylation sites (tertiary alicyclic amines) is 1. The van der Waals surface area contributed by atoms with Crippen molar-refractivity contribution in [1.29, 1.82) is 0 Å². The zero-order chi connectivity index (χ0) is 13.4. The van der Waals surface area contributed by atoms with Crippen LogP contribution >= 0.6 is 0 Å². The first kappa shape index (κ1) is 13.8. The Balaban J connectivity index is 2.95. The van der Waals surface area contributed by atoms with Crippen LogP contribution in [0.4, 0.5) is 13.2 Å². The predicted octanol–water partition coefficient (Wildman–Crippen LogP) is 1.65. The van der Waals surface area contributed by atoms with Crippen molar-refractivity contribution in [3.63, 3.8) is 0 Å². The van der Waals surface area contributed by atoms with E-state index in [4.69, 9.17) is 5.11 Å². The van der Waals surface area contributed by atoms with Gasteiger partial charge in [0.15, 0.2) is 0 Å². The van der Waals surface area contributed by atoms with Crippen molar-refractivity contribution < 1.29 is 27.9 Å². The van der Waals surface area contributed by atoms with Crippen LogP contribution in [-0.4, -0.2) is 40.1 Å². The van der Waals surface area contributed by atoms with Gasteiger partial charge in [-0.1, -0.05) is 0 Å². The summed E-state index contributed by atoms with van der Waals surface area (Å²) in [5.74, 6) is -4.05. The predicted molar refractivity (Wildman–Crippen MR) is 52.2 cm³/mol. The summed E-state index contributed by atoms with van der Waals surface area (Å²) in [4.78, 5) is 22.7. The third-order valence-electron chi connectivity index (χ3n) is 3.19. The van der Waals surface area contributed by atoms with E-state index >= 15 is 0 Å². The van der Waals surface area contributed by atoms with Gasteiger partial charge in [0, 0.05) is 12.1 Å². The van der Waals surface area contributed by atoms with Gasteiger partial charge in [-0.25, -0.2) is 0 Å². The van der Waals surface area contributed by atoms with Crippen LogP contribution in [0, 0.1) is 5.92 Å². The van der Waals surface area contributed by atoms with Gasteiger partial charge in [0.1, 0.15) is 0 Å². The van der Waals surface area contributed by atoms with E-state index in [1.54, 1.807) is 0 Å². The number of carbonyl (C=O) groups excluding carboxylic acids is 1. The number of alkyl halides is 3. The molecule has 1 fully saturated rings. The molecule has 98 valence electrons. The van der Waals surface area contributed by atoms with Crippen LogP contribution < -0.4 is 0 Å². The van der Waals surface area contributed by atoms with E-state index in [0.717, 1.165) is 0 Å². The number of carboxylic acid groups (broad SMARTS) is 1. The molecule has 0 bridgehead atoms. The van der Waals surface area contributed by atoms with E-state index in [1.165, 1.54) is 13.8 Å². The van der Waals surface area contributed by atoms with Crippen molar-refractivity contribution >= 4 is 11.9 Å². The third-order valence-corrected chi connectivity index (χ3v) is 3.19. The Morgan fingerprint density at radius 1 is 1.24 bits per heavy atom. The average molecular weight is 253 g/mol. The maximum absolute atomic E-state index is 12.4. The second kappa shape index (κ2) is 4.54.